The third kappa shape index (κ3) is 6.79. The Morgan fingerprint density at radius 3 is 1.78 bits per heavy atom. The summed E-state index contributed by atoms with van der Waals surface area (Å²) in [6.45, 7) is 3.42. The maximum Gasteiger partial charge on any atom is 0.137 e. The van der Waals surface area contributed by atoms with Crippen LogP contribution in [0.15, 0.2) is 67.8 Å². The van der Waals surface area contributed by atoms with Crippen molar-refractivity contribution in [3.63, 3.8) is 0 Å². The van der Waals surface area contributed by atoms with Crippen molar-refractivity contribution in [2.75, 3.05) is 0 Å². The van der Waals surface area contributed by atoms with Gasteiger partial charge in [0, 0.05) is 34.2 Å². The van der Waals surface area contributed by atoms with Crippen LogP contribution in [0, 0.1) is 13.0 Å². The van der Waals surface area contributed by atoms with Crippen LogP contribution in [-0.2, 0) is 34.2 Å². The van der Waals surface area contributed by atoms with Crippen molar-refractivity contribution in [1.29, 1.82) is 0 Å². The number of hydrogen-bond donors (Lipinski definition) is 1. The molecule has 0 aliphatic rings. The van der Waals surface area contributed by atoms with Crippen molar-refractivity contribution in [2.45, 2.75) is 20.0 Å². The minimum atomic E-state index is 0. The molecule has 4 rings (SSSR count). The maximum absolute atomic E-state index is 8.63. The van der Waals surface area contributed by atoms with E-state index in [1.807, 2.05) is 6.07 Å². The van der Waals surface area contributed by atoms with E-state index in [1.165, 1.54) is 18.2 Å². The molecule has 8 heteroatoms. The largest absolute Gasteiger partial charge is 0.508 e. The number of nitrogens with zero attached hydrogens (tertiary/aromatic N) is 6. The molecule has 0 spiro atoms. The Balaban J connectivity index is 0.000000278. The summed E-state index contributed by atoms with van der Waals surface area (Å²) in [5.41, 5.74) is 3.37. The fourth-order valence-corrected chi connectivity index (χ4v) is 2.45. The van der Waals surface area contributed by atoms with Gasteiger partial charge < -0.3 is 5.11 Å². The molecule has 2 aromatic heterocycles. The van der Waals surface area contributed by atoms with Gasteiger partial charge in [-0.15, -0.1) is 11.1 Å². The van der Waals surface area contributed by atoms with Crippen LogP contribution >= 0.6 is 0 Å². The van der Waals surface area contributed by atoms with Crippen molar-refractivity contribution < 1.29 is 26.2 Å². The zero-order chi connectivity index (χ0) is 18.2. The van der Waals surface area contributed by atoms with E-state index in [4.69, 9.17) is 5.11 Å². The average molecular weight is 542 g/mol. The molecule has 27 heavy (non-hydrogen) atoms. The number of rotatable bonds is 4. The Morgan fingerprint density at radius 2 is 1.41 bits per heavy atom. The summed E-state index contributed by atoms with van der Waals surface area (Å²) in [7, 11) is 0. The zero-order valence-corrected chi connectivity index (χ0v) is 17.0. The Kier molecular flexibility index (Phi) is 7.89. The van der Waals surface area contributed by atoms with Gasteiger partial charge in [0.25, 0.3) is 0 Å². The number of aromatic hydroxyl groups is 1. The predicted octanol–water partition coefficient (Wildman–Crippen LogP) is 2.46. The summed E-state index contributed by atoms with van der Waals surface area (Å²) in [6, 6.07) is 16.3. The van der Waals surface area contributed by atoms with Gasteiger partial charge in [0.15, 0.2) is 0 Å². The number of aryl methyl sites for hydroxylation is 1. The van der Waals surface area contributed by atoms with Crippen molar-refractivity contribution >= 4 is 0 Å². The molecule has 4 aromatic rings. The van der Waals surface area contributed by atoms with E-state index in [1.54, 1.807) is 46.3 Å². The van der Waals surface area contributed by atoms with Crippen LogP contribution in [0.2, 0.25) is 0 Å². The van der Waals surface area contributed by atoms with E-state index in [-0.39, 0.29) is 21.1 Å². The van der Waals surface area contributed by atoms with Gasteiger partial charge in [0.2, 0.25) is 0 Å². The smallest absolute Gasteiger partial charge is 0.137 e. The molecule has 0 saturated heterocycles. The van der Waals surface area contributed by atoms with Gasteiger partial charge in [-0.05, 0) is 12.1 Å². The van der Waals surface area contributed by atoms with E-state index in [0.29, 0.717) is 18.8 Å². The molecule has 0 fully saturated rings. The molecule has 2 aromatic carbocycles. The summed E-state index contributed by atoms with van der Waals surface area (Å²) in [5.74, 6) is 0.322. The van der Waals surface area contributed by atoms with Crippen LogP contribution in [0.1, 0.15) is 16.7 Å². The van der Waals surface area contributed by atoms with Gasteiger partial charge in [-0.3, -0.25) is 9.36 Å². The summed E-state index contributed by atoms with van der Waals surface area (Å²) in [4.78, 5) is 7.88. The quantitative estimate of drug-likeness (QED) is 0.401. The summed E-state index contributed by atoms with van der Waals surface area (Å²) in [6.07, 6.45) is 6.47. The number of benzene rings is 2. The maximum atomic E-state index is 8.63. The third-order valence-electron chi connectivity index (χ3n) is 3.48. The van der Waals surface area contributed by atoms with E-state index < -0.39 is 0 Å². The van der Waals surface area contributed by atoms with Crippen molar-refractivity contribution in [3.05, 3.63) is 90.5 Å². The number of aromatic nitrogens is 6. The van der Waals surface area contributed by atoms with Crippen molar-refractivity contribution in [2.24, 2.45) is 0 Å². The summed E-state index contributed by atoms with van der Waals surface area (Å²) < 4.78 is 3.56. The van der Waals surface area contributed by atoms with Gasteiger partial charge in [-0.1, -0.05) is 25.1 Å². The van der Waals surface area contributed by atoms with Gasteiger partial charge in [-0.25, -0.2) is 9.97 Å². The summed E-state index contributed by atoms with van der Waals surface area (Å²) in [5, 5.41) is 16.8. The molecule has 0 radical (unpaired) electrons. The number of phenols is 1. The first-order valence-corrected chi connectivity index (χ1v) is 8.09. The van der Waals surface area contributed by atoms with Gasteiger partial charge in [0.05, 0.1) is 0 Å². The fourth-order valence-electron chi connectivity index (χ4n) is 2.45. The second-order valence-electron chi connectivity index (χ2n) is 5.73. The Morgan fingerprint density at radius 1 is 0.889 bits per heavy atom. The van der Waals surface area contributed by atoms with E-state index in [2.05, 4.69) is 45.3 Å². The van der Waals surface area contributed by atoms with E-state index in [9.17, 15) is 0 Å². The molecule has 7 nitrogen and oxygen atoms in total. The van der Waals surface area contributed by atoms with Crippen LogP contribution in [0.4, 0.5) is 0 Å². The molecule has 0 aliphatic carbocycles. The summed E-state index contributed by atoms with van der Waals surface area (Å²) >= 11 is 0. The molecule has 2 heterocycles. The minimum Gasteiger partial charge on any atom is -0.508 e. The Hall–Kier alpha value is -2.79. The number of para-hydroxylation sites is 1. The average Bonchev–Trinajstić information content (AvgIpc) is 3.30. The first-order valence-electron chi connectivity index (χ1n) is 8.09. The van der Waals surface area contributed by atoms with Crippen molar-refractivity contribution in [1.82, 2.24) is 29.5 Å². The second-order valence-corrected chi connectivity index (χ2v) is 5.73. The number of hydrogen-bond acceptors (Lipinski definition) is 5. The molecule has 0 saturated carbocycles. The Bertz CT molecular complexity index is 856. The topological polar surface area (TPSA) is 81.7 Å². The molecule has 0 unspecified atom stereocenters. The monoisotopic (exact) mass is 542 g/mol. The van der Waals surface area contributed by atoms with Crippen LogP contribution in [0.25, 0.3) is 0 Å². The molecule has 0 aliphatic heterocycles. The third-order valence-corrected chi connectivity index (χ3v) is 3.48. The standard InChI is InChI=1S/C13H13N6.C6H6O.Pt/c1-11-2-12(5-18-9-14-7-16-18)4-13(3-11)6-19-10-15-8-17-19;7-6-4-2-1-3-5-6;/h2-3,7-10H,5-6H2,1H3;1-5,7H;/q-1;;. The first kappa shape index (κ1) is 20.5. The molecule has 0 atom stereocenters. The second kappa shape index (κ2) is 10.4. The van der Waals surface area contributed by atoms with Crippen LogP contribution in [-0.4, -0.2) is 34.6 Å². The van der Waals surface area contributed by atoms with Crippen LogP contribution < -0.4 is 0 Å². The van der Waals surface area contributed by atoms with Crippen LogP contribution in [0.5, 0.6) is 5.75 Å². The van der Waals surface area contributed by atoms with Crippen LogP contribution in [0.3, 0.4) is 0 Å². The van der Waals surface area contributed by atoms with E-state index in [0.717, 1.165) is 11.1 Å². The number of phenolic OH excluding ortho intramolecular Hbond substituents is 1. The molecule has 142 valence electrons. The predicted molar refractivity (Wildman–Crippen MR) is 96.4 cm³/mol. The SMILES string of the molecule is Cc1cc(Cn2cncn2)[c-]c(Cn2cncn2)c1.Oc1ccccc1.[Pt]. The molecule has 0 amide bonds. The molecular weight excluding hydrogens is 523 g/mol. The van der Waals surface area contributed by atoms with Gasteiger partial charge in [0.1, 0.15) is 31.1 Å². The van der Waals surface area contributed by atoms with Crippen molar-refractivity contribution in [3.8, 4) is 5.75 Å². The van der Waals surface area contributed by atoms with Gasteiger partial charge >= 0.3 is 0 Å². The molecular formula is C19H19N6OPt-. The van der Waals surface area contributed by atoms with E-state index >= 15 is 0 Å². The first-order chi connectivity index (χ1) is 12.7. The fraction of sp³-hybridized carbons (Fsp3) is 0.158. The molecule has 0 bridgehead atoms. The minimum absolute atomic E-state index is 0. The normalized spacial score (nSPS) is 9.81. The van der Waals surface area contributed by atoms with Gasteiger partial charge in [-0.2, -0.15) is 34.0 Å². The Labute approximate surface area is 172 Å². The zero-order valence-electron chi connectivity index (χ0n) is 14.7. The molecule has 1 N–H and O–H groups in total.